The topological polar surface area (TPSA) is 14.2 Å². The molecule has 2 rings (SSSR count). The Kier molecular flexibility index (Phi) is 4.16. The lowest BCUT2D eigenvalue weighted by molar-refractivity contribution is 0.381. The van der Waals surface area contributed by atoms with Gasteiger partial charge in [-0.2, -0.15) is 0 Å². The van der Waals surface area contributed by atoms with Crippen LogP contribution in [0, 0.1) is 0 Å². The zero-order valence-corrected chi connectivity index (χ0v) is 15.2. The molecule has 2 nitrogen and oxygen atoms in total. The van der Waals surface area contributed by atoms with Crippen LogP contribution in [0.1, 0.15) is 52.7 Å². The first kappa shape index (κ1) is 16.7. The molecule has 1 aromatic carbocycles. The van der Waals surface area contributed by atoms with Crippen molar-refractivity contribution in [2.75, 3.05) is 7.11 Å². The quantitative estimate of drug-likeness (QED) is 0.734. The average molecular weight is 299 g/mol. The van der Waals surface area contributed by atoms with Crippen LogP contribution < -0.4 is 4.74 Å². The predicted octanol–water partition coefficient (Wildman–Crippen LogP) is 5.30. The summed E-state index contributed by atoms with van der Waals surface area (Å²) in [4.78, 5) is 0. The fraction of sp³-hybridized carbons (Fsp3) is 0.500. The van der Waals surface area contributed by atoms with Gasteiger partial charge in [0.15, 0.2) is 0 Å². The summed E-state index contributed by atoms with van der Waals surface area (Å²) in [5.74, 6) is 1.03. The van der Waals surface area contributed by atoms with E-state index < -0.39 is 0 Å². The first-order valence-electron chi connectivity index (χ1n) is 7.90. The molecule has 1 heterocycles. The minimum absolute atomic E-state index is 0.0342. The second-order valence-electron chi connectivity index (χ2n) is 8.11. The molecule has 1 aromatic heterocycles. The van der Waals surface area contributed by atoms with Crippen LogP contribution in [0.2, 0.25) is 0 Å². The Morgan fingerprint density at radius 3 is 1.73 bits per heavy atom. The molecule has 0 amide bonds. The van der Waals surface area contributed by atoms with Crippen LogP contribution in [0.25, 0.3) is 11.3 Å². The largest absolute Gasteiger partial charge is 0.496 e. The second-order valence-corrected chi connectivity index (χ2v) is 8.11. The molecule has 0 saturated heterocycles. The van der Waals surface area contributed by atoms with Gasteiger partial charge in [-0.3, -0.25) is 0 Å². The van der Waals surface area contributed by atoms with Gasteiger partial charge in [0.2, 0.25) is 0 Å². The lowest BCUT2D eigenvalue weighted by atomic mass is 9.78. The molecule has 0 unspecified atom stereocenters. The molecule has 0 spiro atoms. The summed E-state index contributed by atoms with van der Waals surface area (Å²) in [6, 6.07) is 8.82. The van der Waals surface area contributed by atoms with Crippen molar-refractivity contribution in [3.8, 4) is 17.0 Å². The second kappa shape index (κ2) is 5.49. The molecule has 120 valence electrons. The number of hydrogen-bond acceptors (Lipinski definition) is 1. The summed E-state index contributed by atoms with van der Waals surface area (Å²) < 4.78 is 7.99. The third-order valence-corrected chi connectivity index (χ3v) is 4.15. The first-order chi connectivity index (χ1) is 10.1. The van der Waals surface area contributed by atoms with Crippen LogP contribution in [-0.4, -0.2) is 11.7 Å². The summed E-state index contributed by atoms with van der Waals surface area (Å²) in [6.45, 7) is 13.5. The number of rotatable bonds is 2. The maximum Gasteiger partial charge on any atom is 0.126 e. The van der Waals surface area contributed by atoms with E-state index in [1.807, 2.05) is 0 Å². The van der Waals surface area contributed by atoms with Gasteiger partial charge in [-0.15, -0.1) is 0 Å². The number of nitrogens with zero attached hydrogens (tertiary/aromatic N) is 1. The van der Waals surface area contributed by atoms with Crippen molar-refractivity contribution in [3.63, 3.8) is 0 Å². The summed E-state index contributed by atoms with van der Waals surface area (Å²) in [5.41, 5.74) is 5.08. The maximum absolute atomic E-state index is 5.83. The molecule has 0 N–H and O–H groups in total. The Morgan fingerprint density at radius 2 is 1.41 bits per heavy atom. The normalized spacial score (nSPS) is 12.5. The molecular formula is C20H29NO. The third-order valence-electron chi connectivity index (χ3n) is 4.15. The molecule has 0 saturated carbocycles. The van der Waals surface area contributed by atoms with Crippen molar-refractivity contribution >= 4 is 0 Å². The number of hydrogen-bond donors (Lipinski definition) is 0. The highest BCUT2D eigenvalue weighted by Gasteiger charge is 2.27. The van der Waals surface area contributed by atoms with E-state index in [1.165, 1.54) is 22.4 Å². The predicted molar refractivity (Wildman–Crippen MR) is 94.8 cm³/mol. The van der Waals surface area contributed by atoms with Crippen molar-refractivity contribution in [2.24, 2.45) is 7.05 Å². The summed E-state index contributed by atoms with van der Waals surface area (Å²) >= 11 is 0. The minimum Gasteiger partial charge on any atom is -0.496 e. The van der Waals surface area contributed by atoms with Gasteiger partial charge < -0.3 is 9.30 Å². The highest BCUT2D eigenvalue weighted by molar-refractivity contribution is 5.67. The smallest absolute Gasteiger partial charge is 0.126 e. The molecule has 2 heteroatoms. The Bertz CT molecular complexity index is 631. The first-order valence-corrected chi connectivity index (χ1v) is 7.90. The van der Waals surface area contributed by atoms with Crippen molar-refractivity contribution in [1.82, 2.24) is 4.57 Å². The van der Waals surface area contributed by atoms with Crippen molar-refractivity contribution in [1.29, 1.82) is 0 Å². The number of aromatic nitrogens is 1. The Balaban J connectivity index is 2.81. The Labute approximate surface area is 135 Å². The SMILES string of the molecule is COc1c(C(C)(C)C)cc(-c2cccn2C)cc1C(C)(C)C. The fourth-order valence-corrected chi connectivity index (χ4v) is 2.87. The standard InChI is InChI=1S/C20H29NO/c1-19(2,3)15-12-14(17-10-9-11-21(17)7)13-16(18(15)22-8)20(4,5)6/h9-13H,1-8H3. The summed E-state index contributed by atoms with van der Waals surface area (Å²) in [7, 11) is 3.87. The third kappa shape index (κ3) is 3.06. The van der Waals surface area contributed by atoms with Gasteiger partial charge in [0.25, 0.3) is 0 Å². The Hall–Kier alpha value is -1.70. The molecule has 0 atom stereocenters. The lowest BCUT2D eigenvalue weighted by Gasteiger charge is -2.30. The zero-order chi connectivity index (χ0) is 16.7. The van der Waals surface area contributed by atoms with E-state index in [-0.39, 0.29) is 10.8 Å². The minimum atomic E-state index is 0.0342. The highest BCUT2D eigenvalue weighted by atomic mass is 16.5. The van der Waals surface area contributed by atoms with E-state index >= 15 is 0 Å². The molecule has 22 heavy (non-hydrogen) atoms. The number of aryl methyl sites for hydroxylation is 1. The molecule has 0 aliphatic carbocycles. The van der Waals surface area contributed by atoms with Crippen LogP contribution in [0.15, 0.2) is 30.5 Å². The molecule has 0 aliphatic heterocycles. The highest BCUT2D eigenvalue weighted by Crippen LogP contribution is 2.42. The van der Waals surface area contributed by atoms with Crippen LogP contribution in [0.5, 0.6) is 5.75 Å². The van der Waals surface area contributed by atoms with Gasteiger partial charge in [-0.1, -0.05) is 41.5 Å². The van der Waals surface area contributed by atoms with E-state index in [1.54, 1.807) is 7.11 Å². The van der Waals surface area contributed by atoms with E-state index in [4.69, 9.17) is 4.74 Å². The van der Waals surface area contributed by atoms with E-state index in [0.29, 0.717) is 0 Å². The van der Waals surface area contributed by atoms with Crippen molar-refractivity contribution in [3.05, 3.63) is 41.6 Å². The van der Waals surface area contributed by atoms with Gasteiger partial charge in [0, 0.05) is 30.1 Å². The van der Waals surface area contributed by atoms with Gasteiger partial charge >= 0.3 is 0 Å². The maximum atomic E-state index is 5.83. The van der Waals surface area contributed by atoms with Gasteiger partial charge in [0.1, 0.15) is 5.75 Å². The monoisotopic (exact) mass is 299 g/mol. The molecular weight excluding hydrogens is 270 g/mol. The van der Waals surface area contributed by atoms with Gasteiger partial charge in [-0.25, -0.2) is 0 Å². The van der Waals surface area contributed by atoms with Gasteiger partial charge in [0.05, 0.1) is 7.11 Å². The number of benzene rings is 1. The fourth-order valence-electron chi connectivity index (χ4n) is 2.87. The van der Waals surface area contributed by atoms with Crippen LogP contribution in [-0.2, 0) is 17.9 Å². The lowest BCUT2D eigenvalue weighted by Crippen LogP contribution is -2.19. The van der Waals surface area contributed by atoms with Crippen molar-refractivity contribution in [2.45, 2.75) is 52.4 Å². The molecule has 0 fully saturated rings. The molecule has 2 aromatic rings. The zero-order valence-electron chi connectivity index (χ0n) is 15.2. The molecule has 0 radical (unpaired) electrons. The van der Waals surface area contributed by atoms with E-state index in [0.717, 1.165) is 5.75 Å². The average Bonchev–Trinajstić information content (AvgIpc) is 2.81. The summed E-state index contributed by atoms with van der Waals surface area (Å²) in [5, 5.41) is 0. The number of ether oxygens (including phenoxy) is 1. The van der Waals surface area contributed by atoms with E-state index in [9.17, 15) is 0 Å². The Morgan fingerprint density at radius 1 is 0.909 bits per heavy atom. The van der Waals surface area contributed by atoms with Crippen LogP contribution in [0.4, 0.5) is 0 Å². The van der Waals surface area contributed by atoms with Gasteiger partial charge in [-0.05, 0) is 40.7 Å². The van der Waals surface area contributed by atoms with Crippen LogP contribution >= 0.6 is 0 Å². The number of methoxy groups -OCH3 is 1. The van der Waals surface area contributed by atoms with E-state index in [2.05, 4.69) is 83.6 Å². The van der Waals surface area contributed by atoms with Crippen LogP contribution in [0.3, 0.4) is 0 Å². The summed E-state index contributed by atoms with van der Waals surface area (Å²) in [6.07, 6.45) is 2.09. The van der Waals surface area contributed by atoms with Crippen molar-refractivity contribution < 1.29 is 4.74 Å². The molecule has 0 aliphatic rings. The molecule has 0 bridgehead atoms.